The minimum Gasteiger partial charge on any atom is -0.351 e. The van der Waals surface area contributed by atoms with Gasteiger partial charge in [0.25, 0.3) is 0 Å². The fourth-order valence-corrected chi connectivity index (χ4v) is 1.65. The van der Waals surface area contributed by atoms with Crippen LogP contribution < -0.4 is 11.1 Å². The van der Waals surface area contributed by atoms with Crippen molar-refractivity contribution in [3.05, 3.63) is 25.3 Å². The molecule has 0 heterocycles. The lowest BCUT2D eigenvalue weighted by Gasteiger charge is -2.24. The molecule has 108 valence electrons. The smallest absolute Gasteiger partial charge is 0.246 e. The first-order chi connectivity index (χ1) is 9.04. The van der Waals surface area contributed by atoms with E-state index in [1.54, 1.807) is 4.90 Å². The number of carbonyl (C=O) groups excluding carboxylic acids is 2. The fraction of sp³-hybridized carbons (Fsp3) is 0.571. The molecule has 0 aliphatic carbocycles. The summed E-state index contributed by atoms with van der Waals surface area (Å²) in [7, 11) is 0. The number of nitrogens with two attached hydrogens (primary N) is 1. The van der Waals surface area contributed by atoms with E-state index in [1.807, 2.05) is 0 Å². The summed E-state index contributed by atoms with van der Waals surface area (Å²) in [5.74, 6) is -0.416. The highest BCUT2D eigenvalue weighted by atomic mass is 16.2. The standard InChI is InChI=1S/C14H25N3O2/c1-4-7-8-12(15)11-17(14(19)6-3)10-9-16-13(18)5-2/h5-6,12H,2-4,7-11,15H2,1H3,(H,16,18). The van der Waals surface area contributed by atoms with Crippen molar-refractivity contribution in [1.29, 1.82) is 0 Å². The fourth-order valence-electron chi connectivity index (χ4n) is 1.65. The molecule has 3 N–H and O–H groups in total. The number of nitrogens with zero attached hydrogens (tertiary/aromatic N) is 1. The van der Waals surface area contributed by atoms with E-state index in [4.69, 9.17) is 5.73 Å². The molecular formula is C14H25N3O2. The molecule has 0 saturated carbocycles. The van der Waals surface area contributed by atoms with Gasteiger partial charge in [-0.15, -0.1) is 0 Å². The van der Waals surface area contributed by atoms with E-state index in [1.165, 1.54) is 12.2 Å². The Labute approximate surface area is 115 Å². The quantitative estimate of drug-likeness (QED) is 0.575. The summed E-state index contributed by atoms with van der Waals surface area (Å²) in [6.45, 7) is 10.2. The van der Waals surface area contributed by atoms with Crippen LogP contribution >= 0.6 is 0 Å². The van der Waals surface area contributed by atoms with Gasteiger partial charge in [-0.3, -0.25) is 9.59 Å². The van der Waals surface area contributed by atoms with Gasteiger partial charge in [-0.2, -0.15) is 0 Å². The largest absolute Gasteiger partial charge is 0.351 e. The minimum atomic E-state index is -0.249. The van der Waals surface area contributed by atoms with Crippen LogP contribution in [0, 0.1) is 0 Å². The molecule has 5 heteroatoms. The number of carbonyl (C=O) groups is 2. The van der Waals surface area contributed by atoms with Gasteiger partial charge in [-0.1, -0.05) is 32.9 Å². The first-order valence-electron chi connectivity index (χ1n) is 6.62. The highest BCUT2D eigenvalue weighted by Crippen LogP contribution is 2.01. The average Bonchev–Trinajstić information content (AvgIpc) is 2.42. The monoisotopic (exact) mass is 267 g/mol. The summed E-state index contributed by atoms with van der Waals surface area (Å²) in [6, 6.07) is -0.0426. The van der Waals surface area contributed by atoms with Crippen molar-refractivity contribution in [2.24, 2.45) is 5.73 Å². The highest BCUT2D eigenvalue weighted by Gasteiger charge is 2.14. The molecule has 0 saturated heterocycles. The van der Waals surface area contributed by atoms with E-state index in [-0.39, 0.29) is 17.9 Å². The molecular weight excluding hydrogens is 242 g/mol. The van der Waals surface area contributed by atoms with Gasteiger partial charge in [0, 0.05) is 25.7 Å². The summed E-state index contributed by atoms with van der Waals surface area (Å²) in [5, 5.41) is 2.63. The zero-order valence-electron chi connectivity index (χ0n) is 11.7. The normalized spacial score (nSPS) is 11.5. The molecule has 0 aromatic heterocycles. The summed E-state index contributed by atoms with van der Waals surface area (Å²) in [4.78, 5) is 24.3. The Morgan fingerprint density at radius 2 is 2.05 bits per heavy atom. The summed E-state index contributed by atoms with van der Waals surface area (Å²) in [6.07, 6.45) is 5.48. The molecule has 0 fully saturated rings. The molecule has 0 rings (SSSR count). The van der Waals surface area contributed by atoms with E-state index in [2.05, 4.69) is 25.4 Å². The summed E-state index contributed by atoms with van der Waals surface area (Å²) in [5.41, 5.74) is 5.98. The number of hydrogen-bond acceptors (Lipinski definition) is 3. The molecule has 0 aliphatic rings. The zero-order chi connectivity index (χ0) is 14.7. The van der Waals surface area contributed by atoms with Crippen LogP contribution in [0.3, 0.4) is 0 Å². The van der Waals surface area contributed by atoms with E-state index < -0.39 is 0 Å². The molecule has 0 aromatic rings. The van der Waals surface area contributed by atoms with Gasteiger partial charge in [0.2, 0.25) is 11.8 Å². The highest BCUT2D eigenvalue weighted by molar-refractivity contribution is 5.88. The van der Waals surface area contributed by atoms with E-state index >= 15 is 0 Å². The van der Waals surface area contributed by atoms with Gasteiger partial charge >= 0.3 is 0 Å². The van der Waals surface area contributed by atoms with Crippen molar-refractivity contribution >= 4 is 11.8 Å². The second-order valence-corrected chi connectivity index (χ2v) is 4.39. The second kappa shape index (κ2) is 10.3. The molecule has 1 unspecified atom stereocenters. The van der Waals surface area contributed by atoms with E-state index in [0.29, 0.717) is 19.6 Å². The van der Waals surface area contributed by atoms with Crippen LogP contribution in [0.4, 0.5) is 0 Å². The van der Waals surface area contributed by atoms with Crippen LogP contribution in [0.1, 0.15) is 26.2 Å². The summed E-state index contributed by atoms with van der Waals surface area (Å²) < 4.78 is 0. The predicted octanol–water partition coefficient (Wildman–Crippen LogP) is 0.821. The van der Waals surface area contributed by atoms with Crippen molar-refractivity contribution in [2.75, 3.05) is 19.6 Å². The van der Waals surface area contributed by atoms with Crippen molar-refractivity contribution in [1.82, 2.24) is 10.2 Å². The van der Waals surface area contributed by atoms with Crippen LogP contribution in [0.2, 0.25) is 0 Å². The maximum Gasteiger partial charge on any atom is 0.246 e. The van der Waals surface area contributed by atoms with E-state index in [9.17, 15) is 9.59 Å². The molecule has 0 spiro atoms. The van der Waals surface area contributed by atoms with Crippen LogP contribution in [0.25, 0.3) is 0 Å². The lowest BCUT2D eigenvalue weighted by molar-refractivity contribution is -0.126. The SMILES string of the molecule is C=CC(=O)NCCN(CC(N)CCCC)C(=O)C=C. The number of unbranched alkanes of at least 4 members (excludes halogenated alkanes) is 1. The lowest BCUT2D eigenvalue weighted by Crippen LogP contribution is -2.44. The zero-order valence-corrected chi connectivity index (χ0v) is 11.7. The number of nitrogens with one attached hydrogen (secondary N) is 1. The Morgan fingerprint density at radius 1 is 1.37 bits per heavy atom. The first-order valence-corrected chi connectivity index (χ1v) is 6.62. The Bertz CT molecular complexity index is 316. The number of rotatable bonds is 10. The number of amides is 2. The second-order valence-electron chi connectivity index (χ2n) is 4.39. The Morgan fingerprint density at radius 3 is 2.58 bits per heavy atom. The summed E-state index contributed by atoms with van der Waals surface area (Å²) >= 11 is 0. The molecule has 5 nitrogen and oxygen atoms in total. The van der Waals surface area contributed by atoms with Gasteiger partial charge in [0.15, 0.2) is 0 Å². The lowest BCUT2D eigenvalue weighted by atomic mass is 10.1. The molecule has 0 aliphatic heterocycles. The van der Waals surface area contributed by atoms with Crippen LogP contribution in [0.15, 0.2) is 25.3 Å². The molecule has 0 aromatic carbocycles. The van der Waals surface area contributed by atoms with Gasteiger partial charge in [-0.05, 0) is 18.6 Å². The van der Waals surface area contributed by atoms with Crippen molar-refractivity contribution in [2.45, 2.75) is 32.2 Å². The molecule has 19 heavy (non-hydrogen) atoms. The maximum absolute atomic E-state index is 11.7. The van der Waals surface area contributed by atoms with Crippen LogP contribution in [-0.4, -0.2) is 42.4 Å². The average molecular weight is 267 g/mol. The third-order valence-corrected chi connectivity index (χ3v) is 2.74. The third-order valence-electron chi connectivity index (χ3n) is 2.74. The van der Waals surface area contributed by atoms with Gasteiger partial charge in [0.05, 0.1) is 0 Å². The van der Waals surface area contributed by atoms with Crippen molar-refractivity contribution in [3.63, 3.8) is 0 Å². The topological polar surface area (TPSA) is 75.4 Å². The Kier molecular flexibility index (Phi) is 9.44. The maximum atomic E-state index is 11.7. The van der Waals surface area contributed by atoms with Gasteiger partial charge in [0.1, 0.15) is 0 Å². The van der Waals surface area contributed by atoms with Gasteiger partial charge in [-0.25, -0.2) is 0 Å². The first kappa shape index (κ1) is 17.4. The minimum absolute atomic E-state index is 0.0426. The van der Waals surface area contributed by atoms with Crippen LogP contribution in [0.5, 0.6) is 0 Å². The van der Waals surface area contributed by atoms with Gasteiger partial charge < -0.3 is 16.0 Å². The predicted molar refractivity (Wildman–Crippen MR) is 77.5 cm³/mol. The molecule has 1 atom stereocenters. The Hall–Kier alpha value is -1.62. The van der Waals surface area contributed by atoms with Crippen molar-refractivity contribution < 1.29 is 9.59 Å². The molecule has 2 amide bonds. The number of hydrogen-bond donors (Lipinski definition) is 2. The molecule has 0 radical (unpaired) electrons. The van der Waals surface area contributed by atoms with Crippen molar-refractivity contribution in [3.8, 4) is 0 Å². The Balaban J connectivity index is 4.22. The third kappa shape index (κ3) is 8.15. The van der Waals surface area contributed by atoms with E-state index in [0.717, 1.165) is 19.3 Å². The van der Waals surface area contributed by atoms with Crippen LogP contribution in [-0.2, 0) is 9.59 Å². The molecule has 0 bridgehead atoms.